The molecule has 0 N–H and O–H groups in total. The number of nitrogens with zero attached hydrogens (tertiary/aromatic N) is 2. The van der Waals surface area contributed by atoms with Gasteiger partial charge in [0.1, 0.15) is 11.6 Å². The summed E-state index contributed by atoms with van der Waals surface area (Å²) in [5.41, 5.74) is 3.39. The van der Waals surface area contributed by atoms with Crippen molar-refractivity contribution in [1.29, 1.82) is 0 Å². The van der Waals surface area contributed by atoms with E-state index in [1.807, 2.05) is 47.0 Å². The van der Waals surface area contributed by atoms with E-state index >= 15 is 0 Å². The van der Waals surface area contributed by atoms with Gasteiger partial charge in [0, 0.05) is 18.2 Å². The summed E-state index contributed by atoms with van der Waals surface area (Å²) in [6.07, 6.45) is 1.70. The fourth-order valence-electron chi connectivity index (χ4n) is 3.91. The second-order valence-corrected chi connectivity index (χ2v) is 9.78. The maximum atomic E-state index is 13.1. The number of carbonyl (C=O) groups is 1. The standard InChI is InChI=1S/C29H18Cl4N2O2/c30-21-9-3-1-7-19(21)27(37-29(36)20-8-2-4-10-22(20)31)16-28-34-25-11-5-6-12-26(25)35(28)17-18-13-14-23(32)24(33)15-18/h1-16H,17H2. The quantitative estimate of drug-likeness (QED) is 0.152. The Balaban J connectivity index is 1.64. The number of rotatable bonds is 6. The minimum atomic E-state index is -0.607. The highest BCUT2D eigenvalue weighted by atomic mass is 35.5. The predicted molar refractivity (Wildman–Crippen MR) is 151 cm³/mol. The number of ether oxygens (including phenoxy) is 1. The van der Waals surface area contributed by atoms with E-state index in [1.54, 1.807) is 54.6 Å². The minimum Gasteiger partial charge on any atom is -0.422 e. The highest BCUT2D eigenvalue weighted by molar-refractivity contribution is 6.42. The topological polar surface area (TPSA) is 44.1 Å². The number of hydrogen-bond donors (Lipinski definition) is 0. The monoisotopic (exact) mass is 566 g/mol. The van der Waals surface area contributed by atoms with Crippen LogP contribution in [-0.2, 0) is 11.3 Å². The number of para-hydroxylation sites is 2. The maximum absolute atomic E-state index is 13.1. The van der Waals surface area contributed by atoms with Crippen molar-refractivity contribution in [2.75, 3.05) is 0 Å². The van der Waals surface area contributed by atoms with Crippen molar-refractivity contribution < 1.29 is 9.53 Å². The number of aromatic nitrogens is 2. The van der Waals surface area contributed by atoms with E-state index in [0.717, 1.165) is 16.6 Å². The molecule has 0 aliphatic heterocycles. The molecule has 0 atom stereocenters. The van der Waals surface area contributed by atoms with Gasteiger partial charge in [-0.05, 0) is 54.1 Å². The number of halogens is 4. The van der Waals surface area contributed by atoms with Crippen molar-refractivity contribution in [3.63, 3.8) is 0 Å². The fraction of sp³-hybridized carbons (Fsp3) is 0.0345. The fourth-order valence-corrected chi connectivity index (χ4v) is 4.68. The van der Waals surface area contributed by atoms with E-state index in [-0.39, 0.29) is 16.3 Å². The molecule has 184 valence electrons. The van der Waals surface area contributed by atoms with E-state index in [2.05, 4.69) is 0 Å². The Morgan fingerprint density at radius 1 is 0.757 bits per heavy atom. The Morgan fingerprint density at radius 2 is 1.41 bits per heavy atom. The minimum absolute atomic E-state index is 0.237. The van der Waals surface area contributed by atoms with Crippen LogP contribution in [0.2, 0.25) is 20.1 Å². The zero-order valence-corrected chi connectivity index (χ0v) is 22.2. The average Bonchev–Trinajstić information content (AvgIpc) is 3.23. The summed E-state index contributed by atoms with van der Waals surface area (Å²) in [5.74, 6) is 0.194. The van der Waals surface area contributed by atoms with Crippen LogP contribution >= 0.6 is 46.4 Å². The summed E-state index contributed by atoms with van der Waals surface area (Å²) in [6, 6.07) is 27.1. The summed E-state index contributed by atoms with van der Waals surface area (Å²) in [4.78, 5) is 17.9. The molecule has 0 bridgehead atoms. The summed E-state index contributed by atoms with van der Waals surface area (Å²) in [7, 11) is 0. The lowest BCUT2D eigenvalue weighted by Crippen LogP contribution is -2.07. The van der Waals surface area contributed by atoms with Crippen LogP contribution in [0.4, 0.5) is 0 Å². The third kappa shape index (κ3) is 5.53. The molecule has 1 aromatic heterocycles. The first-order chi connectivity index (χ1) is 17.9. The number of benzene rings is 4. The summed E-state index contributed by atoms with van der Waals surface area (Å²) >= 11 is 25.2. The average molecular weight is 568 g/mol. The number of fused-ring (bicyclic) bond motifs is 1. The van der Waals surface area contributed by atoms with Crippen molar-refractivity contribution in [3.8, 4) is 0 Å². The molecule has 0 amide bonds. The number of carbonyl (C=O) groups excluding carboxylic acids is 1. The highest BCUT2D eigenvalue weighted by Crippen LogP contribution is 2.30. The summed E-state index contributed by atoms with van der Waals surface area (Å²) in [6.45, 7) is 0.456. The molecule has 5 aromatic rings. The van der Waals surface area contributed by atoms with Gasteiger partial charge < -0.3 is 9.30 Å². The molecule has 0 unspecified atom stereocenters. The van der Waals surface area contributed by atoms with Crippen LogP contribution in [0.1, 0.15) is 27.3 Å². The predicted octanol–water partition coefficient (Wildman–Crippen LogP) is 9.05. The molecule has 0 saturated heterocycles. The van der Waals surface area contributed by atoms with Crippen LogP contribution in [0.3, 0.4) is 0 Å². The van der Waals surface area contributed by atoms with Crippen LogP contribution in [0.5, 0.6) is 0 Å². The molecule has 0 radical (unpaired) electrons. The molecule has 0 aliphatic carbocycles. The van der Waals surface area contributed by atoms with Gasteiger partial charge in [0.2, 0.25) is 0 Å². The van der Waals surface area contributed by atoms with Gasteiger partial charge in [0.05, 0.1) is 36.7 Å². The van der Waals surface area contributed by atoms with E-state index in [0.29, 0.717) is 33.0 Å². The van der Waals surface area contributed by atoms with Gasteiger partial charge in [-0.25, -0.2) is 9.78 Å². The van der Waals surface area contributed by atoms with E-state index < -0.39 is 5.97 Å². The lowest BCUT2D eigenvalue weighted by molar-refractivity contribution is 0.0694. The van der Waals surface area contributed by atoms with Crippen molar-refractivity contribution in [1.82, 2.24) is 9.55 Å². The Bertz CT molecular complexity index is 1660. The van der Waals surface area contributed by atoms with Gasteiger partial charge in [-0.3, -0.25) is 0 Å². The molecular weight excluding hydrogens is 550 g/mol. The number of hydrogen-bond acceptors (Lipinski definition) is 3. The lowest BCUT2D eigenvalue weighted by atomic mass is 10.1. The molecular formula is C29H18Cl4N2O2. The third-order valence-electron chi connectivity index (χ3n) is 5.70. The molecule has 1 heterocycles. The molecule has 0 saturated carbocycles. The van der Waals surface area contributed by atoms with Crippen molar-refractivity contribution >= 4 is 75.2 Å². The molecule has 8 heteroatoms. The van der Waals surface area contributed by atoms with E-state index in [4.69, 9.17) is 56.1 Å². The molecule has 4 aromatic carbocycles. The van der Waals surface area contributed by atoms with Crippen molar-refractivity contribution in [3.05, 3.63) is 134 Å². The van der Waals surface area contributed by atoms with Crippen LogP contribution in [0.15, 0.2) is 91.0 Å². The SMILES string of the molecule is O=C(OC(=Cc1nc2ccccc2n1Cc1ccc(Cl)c(Cl)c1)c1ccccc1Cl)c1ccccc1Cl. The maximum Gasteiger partial charge on any atom is 0.345 e. The molecule has 37 heavy (non-hydrogen) atoms. The molecule has 5 rings (SSSR count). The lowest BCUT2D eigenvalue weighted by Gasteiger charge is -2.13. The van der Waals surface area contributed by atoms with Gasteiger partial charge in [0.25, 0.3) is 0 Å². The zero-order chi connectivity index (χ0) is 25.9. The smallest absolute Gasteiger partial charge is 0.345 e. The number of imidazole rings is 1. The van der Waals surface area contributed by atoms with Crippen LogP contribution in [0.25, 0.3) is 22.9 Å². The first-order valence-electron chi connectivity index (χ1n) is 11.2. The highest BCUT2D eigenvalue weighted by Gasteiger charge is 2.19. The third-order valence-corrected chi connectivity index (χ3v) is 7.10. The Kier molecular flexibility index (Phi) is 7.54. The van der Waals surface area contributed by atoms with E-state index in [9.17, 15) is 4.79 Å². The Labute approximate surface area is 233 Å². The van der Waals surface area contributed by atoms with Gasteiger partial charge in [-0.2, -0.15) is 0 Å². The number of esters is 1. The first-order valence-corrected chi connectivity index (χ1v) is 12.7. The second kappa shape index (κ2) is 11.0. The van der Waals surface area contributed by atoms with Gasteiger partial charge >= 0.3 is 5.97 Å². The molecule has 0 spiro atoms. The zero-order valence-electron chi connectivity index (χ0n) is 19.2. The van der Waals surface area contributed by atoms with Crippen LogP contribution in [-0.4, -0.2) is 15.5 Å². The summed E-state index contributed by atoms with van der Waals surface area (Å²) < 4.78 is 7.89. The Hall–Kier alpha value is -3.28. The van der Waals surface area contributed by atoms with Crippen molar-refractivity contribution in [2.24, 2.45) is 0 Å². The first kappa shape index (κ1) is 25.4. The van der Waals surface area contributed by atoms with E-state index in [1.165, 1.54) is 0 Å². The molecule has 0 aliphatic rings. The van der Waals surface area contributed by atoms with Crippen molar-refractivity contribution in [2.45, 2.75) is 6.54 Å². The largest absolute Gasteiger partial charge is 0.422 e. The molecule has 0 fully saturated rings. The summed E-state index contributed by atoms with van der Waals surface area (Å²) in [5, 5.41) is 1.66. The van der Waals surface area contributed by atoms with Gasteiger partial charge in [-0.1, -0.05) is 88.9 Å². The van der Waals surface area contributed by atoms with Crippen LogP contribution < -0.4 is 0 Å². The second-order valence-electron chi connectivity index (χ2n) is 8.15. The Morgan fingerprint density at radius 3 is 2.11 bits per heavy atom. The van der Waals surface area contributed by atoms with Gasteiger partial charge in [0.15, 0.2) is 0 Å². The molecule has 4 nitrogen and oxygen atoms in total. The normalized spacial score (nSPS) is 11.6. The van der Waals surface area contributed by atoms with Gasteiger partial charge in [-0.15, -0.1) is 0 Å². The van der Waals surface area contributed by atoms with Crippen LogP contribution in [0, 0.1) is 0 Å².